The molecule has 0 aliphatic carbocycles. The van der Waals surface area contributed by atoms with Gasteiger partial charge in [0.2, 0.25) is 0 Å². The van der Waals surface area contributed by atoms with E-state index in [1.54, 1.807) is 13.3 Å². The maximum Gasteiger partial charge on any atom is 0.184 e. The summed E-state index contributed by atoms with van der Waals surface area (Å²) in [6.45, 7) is 1.85. The Morgan fingerprint density at radius 3 is 2.90 bits per heavy atom. The van der Waals surface area contributed by atoms with Crippen molar-refractivity contribution in [3.8, 4) is 0 Å². The van der Waals surface area contributed by atoms with Crippen LogP contribution in [0.4, 0.5) is 0 Å². The Kier molecular flexibility index (Phi) is 4.78. The summed E-state index contributed by atoms with van der Waals surface area (Å²) >= 11 is 4.50. The Hall–Kier alpha value is -0.680. The van der Waals surface area contributed by atoms with E-state index >= 15 is 0 Å². The molecule has 0 fully saturated rings. The fourth-order valence-electron chi connectivity index (χ4n) is 0.267. The number of nitrogens with one attached hydrogen (secondary N) is 1. The summed E-state index contributed by atoms with van der Waals surface area (Å²) in [6, 6.07) is 0. The van der Waals surface area contributed by atoms with Crippen molar-refractivity contribution in [2.24, 2.45) is 10.8 Å². The second-order valence-electron chi connectivity index (χ2n) is 1.70. The molecule has 1 unspecified atom stereocenters. The van der Waals surface area contributed by atoms with E-state index in [1.165, 1.54) is 0 Å². The predicted molar refractivity (Wildman–Crippen MR) is 44.9 cm³/mol. The Balaban J connectivity index is 3.45. The third kappa shape index (κ3) is 5.46. The number of rotatable bonds is 3. The van der Waals surface area contributed by atoms with Gasteiger partial charge in [0.05, 0.1) is 12.3 Å². The quantitative estimate of drug-likeness (QED) is 0.343. The van der Waals surface area contributed by atoms with Crippen LogP contribution >= 0.6 is 12.2 Å². The topological polar surface area (TPSA) is 59.6 Å². The molecule has 10 heavy (non-hydrogen) atoms. The van der Waals surface area contributed by atoms with Gasteiger partial charge in [0.25, 0.3) is 0 Å². The van der Waals surface area contributed by atoms with Crippen molar-refractivity contribution in [1.82, 2.24) is 5.43 Å². The molecule has 4 nitrogen and oxygen atoms in total. The van der Waals surface area contributed by atoms with Gasteiger partial charge in [0.1, 0.15) is 0 Å². The highest BCUT2D eigenvalue weighted by Gasteiger charge is 1.90. The first-order valence-electron chi connectivity index (χ1n) is 2.78. The molecule has 1 atom stereocenters. The van der Waals surface area contributed by atoms with Gasteiger partial charge in [-0.2, -0.15) is 5.10 Å². The van der Waals surface area contributed by atoms with E-state index in [9.17, 15) is 0 Å². The van der Waals surface area contributed by atoms with Crippen molar-refractivity contribution >= 4 is 23.5 Å². The number of ether oxygens (including phenoxy) is 1. The highest BCUT2D eigenvalue weighted by molar-refractivity contribution is 7.80. The summed E-state index contributed by atoms with van der Waals surface area (Å²) in [4.78, 5) is 0. The van der Waals surface area contributed by atoms with E-state index in [1.807, 2.05) is 6.92 Å². The van der Waals surface area contributed by atoms with Crippen molar-refractivity contribution in [1.29, 1.82) is 0 Å². The maximum absolute atomic E-state index is 5.09. The Bertz CT molecular complexity index is 137. The highest BCUT2D eigenvalue weighted by Crippen LogP contribution is 1.79. The van der Waals surface area contributed by atoms with Gasteiger partial charge in [0, 0.05) is 7.11 Å². The molecule has 0 rings (SSSR count). The average molecular weight is 161 g/mol. The lowest BCUT2D eigenvalue weighted by molar-refractivity contribution is 0.174. The van der Waals surface area contributed by atoms with E-state index in [0.29, 0.717) is 0 Å². The van der Waals surface area contributed by atoms with E-state index in [-0.39, 0.29) is 11.2 Å². The van der Waals surface area contributed by atoms with E-state index < -0.39 is 0 Å². The number of nitrogens with two attached hydrogens (primary N) is 1. The number of hydrazone groups is 1. The van der Waals surface area contributed by atoms with Gasteiger partial charge in [-0.1, -0.05) is 0 Å². The molecule has 0 aliphatic rings. The zero-order valence-corrected chi connectivity index (χ0v) is 6.81. The first-order valence-corrected chi connectivity index (χ1v) is 3.19. The first kappa shape index (κ1) is 9.32. The number of hydrogen-bond donors (Lipinski definition) is 2. The van der Waals surface area contributed by atoms with Gasteiger partial charge < -0.3 is 10.5 Å². The lowest BCUT2D eigenvalue weighted by Crippen LogP contribution is -2.25. The number of hydrogen-bond acceptors (Lipinski definition) is 3. The molecule has 0 aromatic rings. The second kappa shape index (κ2) is 5.13. The summed E-state index contributed by atoms with van der Waals surface area (Å²) in [7, 11) is 1.59. The molecule has 5 heteroatoms. The number of nitrogens with zero attached hydrogens (tertiary/aromatic N) is 1. The molecule has 0 bridgehead atoms. The standard InChI is InChI=1S/C5H11N3OS/c1-4(9-2)3-7-8-5(6)10/h3-4H,1-2H3,(H3,6,8,10)/b7-3+. The third-order valence-electron chi connectivity index (χ3n) is 0.831. The minimum absolute atomic E-state index is 0.0261. The summed E-state index contributed by atoms with van der Waals surface area (Å²) < 4.78 is 4.86. The highest BCUT2D eigenvalue weighted by atomic mass is 32.1. The Morgan fingerprint density at radius 2 is 2.50 bits per heavy atom. The van der Waals surface area contributed by atoms with E-state index in [4.69, 9.17) is 10.5 Å². The van der Waals surface area contributed by atoms with Crippen molar-refractivity contribution in [3.63, 3.8) is 0 Å². The SMILES string of the molecule is COC(C)/C=N/NC(N)=S. The zero-order chi connectivity index (χ0) is 7.98. The van der Waals surface area contributed by atoms with Gasteiger partial charge in [0.15, 0.2) is 5.11 Å². The van der Waals surface area contributed by atoms with Crippen LogP contribution in [0, 0.1) is 0 Å². The normalized spacial score (nSPS) is 13.4. The van der Waals surface area contributed by atoms with Gasteiger partial charge in [-0.05, 0) is 19.1 Å². The van der Waals surface area contributed by atoms with Crippen LogP contribution in [0.25, 0.3) is 0 Å². The second-order valence-corrected chi connectivity index (χ2v) is 2.13. The van der Waals surface area contributed by atoms with Gasteiger partial charge in [-0.3, -0.25) is 5.43 Å². The molecule has 0 radical (unpaired) electrons. The molecule has 0 saturated heterocycles. The van der Waals surface area contributed by atoms with Gasteiger partial charge in [-0.15, -0.1) is 0 Å². The Labute approximate surface area is 65.4 Å². The number of thiocarbonyl (C=S) groups is 1. The summed E-state index contributed by atoms with van der Waals surface area (Å²) in [5.74, 6) is 0. The monoisotopic (exact) mass is 161 g/mol. The fourth-order valence-corrected chi connectivity index (χ4v) is 0.319. The first-order chi connectivity index (χ1) is 4.66. The predicted octanol–water partition coefficient (Wildman–Crippen LogP) is -0.160. The largest absolute Gasteiger partial charge is 0.376 e. The van der Waals surface area contributed by atoms with Crippen molar-refractivity contribution < 1.29 is 4.74 Å². The minimum Gasteiger partial charge on any atom is -0.376 e. The van der Waals surface area contributed by atoms with Crippen LogP contribution in [0.2, 0.25) is 0 Å². The molecule has 0 saturated carbocycles. The van der Waals surface area contributed by atoms with Crippen LogP contribution in [0.5, 0.6) is 0 Å². The van der Waals surface area contributed by atoms with Crippen molar-refractivity contribution in [3.05, 3.63) is 0 Å². The number of methoxy groups -OCH3 is 1. The average Bonchev–Trinajstić information content (AvgIpc) is 1.87. The molecule has 3 N–H and O–H groups in total. The molecular weight excluding hydrogens is 150 g/mol. The molecule has 0 aromatic heterocycles. The van der Waals surface area contributed by atoms with Crippen LogP contribution < -0.4 is 11.2 Å². The van der Waals surface area contributed by atoms with Crippen LogP contribution in [-0.4, -0.2) is 24.5 Å². The van der Waals surface area contributed by atoms with Crippen LogP contribution in [-0.2, 0) is 4.74 Å². The van der Waals surface area contributed by atoms with Crippen molar-refractivity contribution in [2.75, 3.05) is 7.11 Å². The van der Waals surface area contributed by atoms with Gasteiger partial charge >= 0.3 is 0 Å². The fraction of sp³-hybridized carbons (Fsp3) is 0.600. The Morgan fingerprint density at radius 1 is 1.90 bits per heavy atom. The smallest absolute Gasteiger partial charge is 0.184 e. The summed E-state index contributed by atoms with van der Waals surface area (Å²) in [5.41, 5.74) is 7.50. The van der Waals surface area contributed by atoms with Crippen LogP contribution in [0.3, 0.4) is 0 Å². The van der Waals surface area contributed by atoms with Crippen LogP contribution in [0.1, 0.15) is 6.92 Å². The third-order valence-corrected chi connectivity index (χ3v) is 0.922. The van der Waals surface area contributed by atoms with Crippen molar-refractivity contribution in [2.45, 2.75) is 13.0 Å². The maximum atomic E-state index is 5.09. The summed E-state index contributed by atoms with van der Waals surface area (Å²) in [5, 5.41) is 3.83. The lowest BCUT2D eigenvalue weighted by atomic mass is 10.5. The van der Waals surface area contributed by atoms with E-state index in [2.05, 4.69) is 22.7 Å². The van der Waals surface area contributed by atoms with E-state index in [0.717, 1.165) is 0 Å². The molecule has 0 aliphatic heterocycles. The molecular formula is C5H11N3OS. The lowest BCUT2D eigenvalue weighted by Gasteiger charge is -2.00. The molecule has 0 aromatic carbocycles. The minimum atomic E-state index is -0.0261. The molecule has 0 heterocycles. The molecule has 58 valence electrons. The zero-order valence-electron chi connectivity index (χ0n) is 6.00. The summed E-state index contributed by atoms with van der Waals surface area (Å²) in [6.07, 6.45) is 1.54. The molecule has 0 spiro atoms. The van der Waals surface area contributed by atoms with Gasteiger partial charge in [-0.25, -0.2) is 0 Å². The molecule has 0 amide bonds. The van der Waals surface area contributed by atoms with Crippen LogP contribution in [0.15, 0.2) is 5.10 Å².